The molecule has 0 aliphatic rings. The van der Waals surface area contributed by atoms with E-state index in [0.29, 0.717) is 62.0 Å². The van der Waals surface area contributed by atoms with Gasteiger partial charge in [-0.05, 0) is 158 Å². The van der Waals surface area contributed by atoms with Crippen LogP contribution in [-0.4, -0.2) is 24.1 Å². The zero-order valence-electron chi connectivity index (χ0n) is 52.8. The molecule has 17 rings (SSSR count). The molecule has 8 heteroatoms. The van der Waals surface area contributed by atoms with Crippen molar-refractivity contribution in [1.82, 2.24) is 24.1 Å². The molecule has 0 fully saturated rings. The lowest BCUT2D eigenvalue weighted by atomic mass is 9.93. The molecule has 8 nitrogen and oxygen atoms in total. The zero-order chi connectivity index (χ0) is 65.6. The van der Waals surface area contributed by atoms with E-state index in [9.17, 15) is 15.8 Å². The molecule has 14 aromatic carbocycles. The summed E-state index contributed by atoms with van der Waals surface area (Å²) in [4.78, 5) is 16.8. The van der Waals surface area contributed by atoms with E-state index in [1.807, 2.05) is 121 Å². The Morgan fingerprint density at radius 3 is 0.837 bits per heavy atom. The van der Waals surface area contributed by atoms with Crippen molar-refractivity contribution in [2.75, 3.05) is 0 Å². The molecule has 0 spiro atoms. The van der Waals surface area contributed by atoms with E-state index in [4.69, 9.17) is 15.0 Å². The first kappa shape index (κ1) is 58.0. The average Bonchev–Trinajstić information content (AvgIpc) is 1.53. The molecular formula is C90H54N8. The van der Waals surface area contributed by atoms with Gasteiger partial charge in [-0.3, -0.25) is 0 Å². The first-order valence-corrected chi connectivity index (χ1v) is 32.5. The average molecular weight is 1250 g/mol. The van der Waals surface area contributed by atoms with Gasteiger partial charge in [-0.1, -0.05) is 237 Å². The number of fused-ring (bicyclic) bond motifs is 6. The summed E-state index contributed by atoms with van der Waals surface area (Å²) in [6.45, 7) is 0. The minimum Gasteiger partial charge on any atom is -0.309 e. The highest BCUT2D eigenvalue weighted by Crippen LogP contribution is 2.44. The van der Waals surface area contributed by atoms with Gasteiger partial charge in [0.25, 0.3) is 0 Å². The van der Waals surface area contributed by atoms with E-state index in [2.05, 4.69) is 234 Å². The molecule has 0 bridgehead atoms. The van der Waals surface area contributed by atoms with Crippen molar-refractivity contribution in [2.24, 2.45) is 0 Å². The molecule has 0 aliphatic heterocycles. The molecule has 0 N–H and O–H groups in total. The second kappa shape index (κ2) is 24.6. The number of hydrogen-bond acceptors (Lipinski definition) is 6. The standard InChI is InChI=1S/C90H54N8/c91-55-68-27-13-16-30-73(68)62-33-35-63(36-34-62)88-94-89(82-53-71(41-43-76(82)74-31-17-14-28-69(74)56-92)97-84-45-37-64(58-19-5-1-6-20-58)49-78(84)79-50-65(38-46-85(79)97)59-21-7-2-8-22-59)96-90(95-88)83-54-72(42-44-77(83)75-32-18-15-29-70(75)57-93)98-86-47-39-66(60-23-9-3-10-24-60)51-80(86)81-52-67(40-48-87(81)98)61-25-11-4-12-26-61/h1-54H. The summed E-state index contributed by atoms with van der Waals surface area (Å²) in [5.74, 6) is 1.10. The number of aromatic nitrogens is 5. The van der Waals surface area contributed by atoms with Crippen molar-refractivity contribution in [3.63, 3.8) is 0 Å². The van der Waals surface area contributed by atoms with E-state index in [1.165, 1.54) is 0 Å². The summed E-state index contributed by atoms with van der Waals surface area (Å²) < 4.78 is 4.63. The van der Waals surface area contributed by atoms with E-state index < -0.39 is 0 Å². The largest absolute Gasteiger partial charge is 0.309 e. The van der Waals surface area contributed by atoms with E-state index in [-0.39, 0.29) is 0 Å². The first-order chi connectivity index (χ1) is 48.4. The molecule has 0 atom stereocenters. The van der Waals surface area contributed by atoms with Crippen molar-refractivity contribution in [2.45, 2.75) is 0 Å². The smallest absolute Gasteiger partial charge is 0.164 e. The van der Waals surface area contributed by atoms with Crippen molar-refractivity contribution >= 4 is 43.6 Å². The summed E-state index contributed by atoms with van der Waals surface area (Å²) in [6.07, 6.45) is 0. The van der Waals surface area contributed by atoms with E-state index >= 15 is 0 Å². The van der Waals surface area contributed by atoms with Crippen LogP contribution >= 0.6 is 0 Å². The van der Waals surface area contributed by atoms with Crippen LogP contribution in [0.1, 0.15) is 16.7 Å². The van der Waals surface area contributed by atoms with Crippen LogP contribution in [0.4, 0.5) is 0 Å². The van der Waals surface area contributed by atoms with Crippen LogP contribution in [0.5, 0.6) is 0 Å². The van der Waals surface area contributed by atoms with Gasteiger partial charge in [0, 0.05) is 60.7 Å². The fourth-order valence-electron chi connectivity index (χ4n) is 14.0. The maximum absolute atomic E-state index is 10.9. The summed E-state index contributed by atoms with van der Waals surface area (Å²) in [5.41, 5.74) is 22.8. The minimum absolute atomic E-state index is 0.357. The SMILES string of the molecule is N#Cc1ccccc1-c1ccc(-c2nc(-c3cc(-n4c5ccc(-c6ccccc6)cc5c5cc(-c6ccccc6)ccc54)ccc3-c3ccccc3C#N)nc(-c3cc(-n4c5ccc(-c6ccccc6)cc5c5cc(-c6ccccc6)ccc54)ccc3-c3ccccc3C#N)n2)cc1. The van der Waals surface area contributed by atoms with Gasteiger partial charge in [-0.2, -0.15) is 15.8 Å². The van der Waals surface area contributed by atoms with Crippen LogP contribution in [0.25, 0.3) is 167 Å². The van der Waals surface area contributed by atoms with Crippen molar-refractivity contribution in [3.05, 3.63) is 344 Å². The maximum Gasteiger partial charge on any atom is 0.164 e. The highest BCUT2D eigenvalue weighted by atomic mass is 15.0. The van der Waals surface area contributed by atoms with Gasteiger partial charge in [-0.15, -0.1) is 0 Å². The van der Waals surface area contributed by atoms with Crippen LogP contribution in [0.2, 0.25) is 0 Å². The van der Waals surface area contributed by atoms with Crippen LogP contribution < -0.4 is 0 Å². The van der Waals surface area contributed by atoms with Gasteiger partial charge in [0.2, 0.25) is 0 Å². The second-order valence-electron chi connectivity index (χ2n) is 24.4. The molecule has 3 heterocycles. The lowest BCUT2D eigenvalue weighted by Gasteiger charge is -2.18. The normalized spacial score (nSPS) is 11.2. The number of rotatable bonds is 12. The fourth-order valence-corrected chi connectivity index (χ4v) is 14.0. The van der Waals surface area contributed by atoms with Crippen molar-refractivity contribution < 1.29 is 0 Å². The molecule has 0 aliphatic carbocycles. The molecular weight excluding hydrogens is 1190 g/mol. The van der Waals surface area contributed by atoms with Gasteiger partial charge in [0.05, 0.1) is 57.0 Å². The molecule has 98 heavy (non-hydrogen) atoms. The number of nitriles is 3. The van der Waals surface area contributed by atoms with Crippen molar-refractivity contribution in [3.8, 4) is 142 Å². The lowest BCUT2D eigenvalue weighted by molar-refractivity contribution is 1.07. The molecule has 0 saturated carbocycles. The molecule has 3 aromatic heterocycles. The Morgan fingerprint density at radius 2 is 0.490 bits per heavy atom. The summed E-state index contributed by atoms with van der Waals surface area (Å²) >= 11 is 0. The number of hydrogen-bond donors (Lipinski definition) is 0. The lowest BCUT2D eigenvalue weighted by Crippen LogP contribution is -2.04. The van der Waals surface area contributed by atoms with Crippen LogP contribution in [0.15, 0.2) is 328 Å². The molecule has 0 amide bonds. The van der Waals surface area contributed by atoms with E-state index in [1.54, 1.807) is 0 Å². The first-order valence-electron chi connectivity index (χ1n) is 32.5. The number of benzene rings is 14. The second-order valence-corrected chi connectivity index (χ2v) is 24.4. The van der Waals surface area contributed by atoms with Gasteiger partial charge < -0.3 is 9.13 Å². The quantitative estimate of drug-likeness (QED) is 0.120. The molecule has 0 saturated heterocycles. The van der Waals surface area contributed by atoms with Gasteiger partial charge in [-0.25, -0.2) is 15.0 Å². The van der Waals surface area contributed by atoms with Crippen LogP contribution in [0.3, 0.4) is 0 Å². The van der Waals surface area contributed by atoms with Gasteiger partial charge >= 0.3 is 0 Å². The van der Waals surface area contributed by atoms with E-state index in [0.717, 1.165) is 122 Å². The Morgan fingerprint density at radius 1 is 0.204 bits per heavy atom. The molecule has 0 unspecified atom stereocenters. The van der Waals surface area contributed by atoms with Gasteiger partial charge in [0.1, 0.15) is 0 Å². The monoisotopic (exact) mass is 1250 g/mol. The molecule has 17 aromatic rings. The minimum atomic E-state index is 0.357. The highest BCUT2D eigenvalue weighted by molar-refractivity contribution is 6.13. The molecule has 0 radical (unpaired) electrons. The number of nitrogens with zero attached hydrogens (tertiary/aromatic N) is 8. The maximum atomic E-state index is 10.9. The molecule has 454 valence electrons. The van der Waals surface area contributed by atoms with Crippen LogP contribution in [0, 0.1) is 34.0 Å². The third-order valence-corrected chi connectivity index (χ3v) is 18.8. The third-order valence-electron chi connectivity index (χ3n) is 18.8. The predicted octanol–water partition coefficient (Wildman–Crippen LogP) is 22.4. The fraction of sp³-hybridized carbons (Fsp3) is 0. The Labute approximate surface area is 566 Å². The topological polar surface area (TPSA) is 120 Å². The summed E-state index contributed by atoms with van der Waals surface area (Å²) in [7, 11) is 0. The Bertz CT molecular complexity index is 5610. The Balaban J connectivity index is 0.937. The summed E-state index contributed by atoms with van der Waals surface area (Å²) in [5, 5.41) is 36.4. The Hall–Kier alpha value is -13.8. The third kappa shape index (κ3) is 10.3. The zero-order valence-corrected chi connectivity index (χ0v) is 52.8. The predicted molar refractivity (Wildman–Crippen MR) is 397 cm³/mol. The summed E-state index contributed by atoms with van der Waals surface area (Å²) in [6, 6.07) is 120. The van der Waals surface area contributed by atoms with Crippen molar-refractivity contribution in [1.29, 1.82) is 15.8 Å². The van der Waals surface area contributed by atoms with Crippen LogP contribution in [-0.2, 0) is 0 Å². The highest BCUT2D eigenvalue weighted by Gasteiger charge is 2.25. The Kier molecular flexibility index (Phi) is 14.5. The van der Waals surface area contributed by atoms with Gasteiger partial charge in [0.15, 0.2) is 17.5 Å².